The van der Waals surface area contributed by atoms with E-state index < -0.39 is 0 Å². The van der Waals surface area contributed by atoms with Gasteiger partial charge in [0.1, 0.15) is 5.82 Å². The van der Waals surface area contributed by atoms with Crippen LogP contribution in [0, 0.1) is 6.92 Å². The van der Waals surface area contributed by atoms with E-state index in [9.17, 15) is 0 Å². The topological polar surface area (TPSA) is 56.2 Å². The van der Waals surface area contributed by atoms with Gasteiger partial charge < -0.3 is 5.73 Å². The molecule has 4 nitrogen and oxygen atoms in total. The number of halogens is 2. The normalized spacial score (nSPS) is 11.2. The third-order valence-electron chi connectivity index (χ3n) is 4.14. The van der Waals surface area contributed by atoms with Crippen LogP contribution in [0.4, 0.5) is 5.82 Å². The number of hydrogen-bond acceptors (Lipinski definition) is 3. The molecule has 2 aromatic heterocycles. The summed E-state index contributed by atoms with van der Waals surface area (Å²) in [6.07, 6.45) is 1.77. The van der Waals surface area contributed by atoms with Gasteiger partial charge >= 0.3 is 0 Å². The molecule has 2 N–H and O–H groups in total. The number of aromatic nitrogens is 3. The number of fused-ring (bicyclic) bond motifs is 1. The van der Waals surface area contributed by atoms with Gasteiger partial charge in [0.05, 0.1) is 5.69 Å². The summed E-state index contributed by atoms with van der Waals surface area (Å²) in [6.45, 7) is 1.94. The molecule has 0 fully saturated rings. The second-order valence-corrected chi connectivity index (χ2v) is 6.64. The number of rotatable bonds is 2. The van der Waals surface area contributed by atoms with Crippen LogP contribution in [0.3, 0.4) is 0 Å². The monoisotopic (exact) mass is 368 g/mol. The number of nitrogens with two attached hydrogens (primary N) is 1. The zero-order valence-corrected chi connectivity index (χ0v) is 14.9. The number of hydrogen-bond donors (Lipinski definition) is 1. The number of nitrogens with zero attached hydrogens (tertiary/aromatic N) is 3. The Bertz CT molecular complexity index is 1070. The van der Waals surface area contributed by atoms with Gasteiger partial charge in [-0.1, -0.05) is 47.5 Å². The molecule has 0 aliphatic heterocycles. The number of nitrogen functional groups attached to an aromatic ring is 1. The first-order valence-electron chi connectivity index (χ1n) is 7.70. The lowest BCUT2D eigenvalue weighted by atomic mass is 10.1. The Labute approximate surface area is 154 Å². The molecule has 0 saturated heterocycles. The Balaban J connectivity index is 1.92. The van der Waals surface area contributed by atoms with Crippen molar-refractivity contribution in [2.45, 2.75) is 6.92 Å². The molecule has 6 heteroatoms. The van der Waals surface area contributed by atoms with Crippen molar-refractivity contribution >= 4 is 34.7 Å². The van der Waals surface area contributed by atoms with E-state index in [1.54, 1.807) is 10.7 Å². The molecule has 0 aliphatic carbocycles. The summed E-state index contributed by atoms with van der Waals surface area (Å²) in [5.41, 5.74) is 11.7. The number of anilines is 1. The summed E-state index contributed by atoms with van der Waals surface area (Å²) in [5, 5.41) is 5.95. The van der Waals surface area contributed by atoms with Crippen LogP contribution in [-0.4, -0.2) is 14.6 Å². The van der Waals surface area contributed by atoms with Crippen molar-refractivity contribution in [3.8, 4) is 22.3 Å². The molecule has 0 saturated carbocycles. The van der Waals surface area contributed by atoms with Crippen molar-refractivity contribution in [3.63, 3.8) is 0 Å². The summed E-state index contributed by atoms with van der Waals surface area (Å²) in [5.74, 6) is 0.538. The average molecular weight is 369 g/mol. The molecule has 0 atom stereocenters. The van der Waals surface area contributed by atoms with E-state index >= 15 is 0 Å². The Kier molecular flexibility index (Phi) is 3.86. The molecule has 0 spiro atoms. The Morgan fingerprint density at radius 2 is 1.44 bits per heavy atom. The summed E-state index contributed by atoms with van der Waals surface area (Å²) in [7, 11) is 0. The maximum Gasteiger partial charge on any atom is 0.165 e. The summed E-state index contributed by atoms with van der Waals surface area (Å²) < 4.78 is 1.68. The van der Waals surface area contributed by atoms with E-state index in [4.69, 9.17) is 28.9 Å². The highest BCUT2D eigenvalue weighted by molar-refractivity contribution is 6.30. The second kappa shape index (κ2) is 6.06. The largest absolute Gasteiger partial charge is 0.383 e. The van der Waals surface area contributed by atoms with E-state index in [1.165, 1.54) is 0 Å². The third kappa shape index (κ3) is 2.73. The third-order valence-corrected chi connectivity index (χ3v) is 4.65. The fourth-order valence-electron chi connectivity index (χ4n) is 2.91. The molecule has 2 aromatic carbocycles. The second-order valence-electron chi connectivity index (χ2n) is 5.77. The fourth-order valence-corrected chi connectivity index (χ4v) is 3.17. The molecule has 2 heterocycles. The van der Waals surface area contributed by atoms with Crippen molar-refractivity contribution in [2.75, 3.05) is 5.73 Å². The molecule has 0 bridgehead atoms. The van der Waals surface area contributed by atoms with E-state index in [0.717, 1.165) is 33.6 Å². The quantitative estimate of drug-likeness (QED) is 0.524. The SMILES string of the molecule is Cc1nn2c(N)c(-c3ccc(Cl)cc3)cnc2c1-c1ccc(Cl)cc1. The van der Waals surface area contributed by atoms with Crippen molar-refractivity contribution in [1.82, 2.24) is 14.6 Å². The standard InChI is InChI=1S/C19H14Cl2N4/c1-11-17(13-4-8-15(21)9-5-13)19-23-10-16(18(22)25(19)24-11)12-2-6-14(20)7-3-12/h2-10H,22H2,1H3. The molecule has 4 aromatic rings. The predicted octanol–water partition coefficient (Wildman–Crippen LogP) is 5.26. The lowest BCUT2D eigenvalue weighted by Gasteiger charge is -2.08. The fraction of sp³-hybridized carbons (Fsp3) is 0.0526. The van der Waals surface area contributed by atoms with Crippen LogP contribution in [0.25, 0.3) is 27.9 Å². The van der Waals surface area contributed by atoms with E-state index in [2.05, 4.69) is 10.1 Å². The van der Waals surface area contributed by atoms with Crippen LogP contribution in [0.5, 0.6) is 0 Å². The first-order chi connectivity index (χ1) is 12.0. The van der Waals surface area contributed by atoms with Gasteiger partial charge in [0, 0.05) is 27.4 Å². The molecule has 0 radical (unpaired) electrons. The van der Waals surface area contributed by atoms with Crippen LogP contribution < -0.4 is 5.73 Å². The van der Waals surface area contributed by atoms with E-state index in [1.807, 2.05) is 55.5 Å². The molecule has 0 unspecified atom stereocenters. The highest BCUT2D eigenvalue weighted by Crippen LogP contribution is 2.32. The molecule has 124 valence electrons. The zero-order chi connectivity index (χ0) is 17.6. The van der Waals surface area contributed by atoms with Crippen LogP contribution in [0.1, 0.15) is 5.69 Å². The minimum absolute atomic E-state index is 0.538. The van der Waals surface area contributed by atoms with Gasteiger partial charge in [0.15, 0.2) is 5.65 Å². The average Bonchev–Trinajstić information content (AvgIpc) is 2.94. The van der Waals surface area contributed by atoms with Gasteiger partial charge in [0.2, 0.25) is 0 Å². The van der Waals surface area contributed by atoms with Crippen molar-refractivity contribution < 1.29 is 0 Å². The highest BCUT2D eigenvalue weighted by atomic mass is 35.5. The van der Waals surface area contributed by atoms with Crippen LogP contribution in [0.2, 0.25) is 10.0 Å². The lowest BCUT2D eigenvalue weighted by molar-refractivity contribution is 0.930. The smallest absolute Gasteiger partial charge is 0.165 e. The van der Waals surface area contributed by atoms with Gasteiger partial charge in [-0.25, -0.2) is 4.98 Å². The predicted molar refractivity (Wildman–Crippen MR) is 103 cm³/mol. The first kappa shape index (κ1) is 15.9. The number of aryl methyl sites for hydroxylation is 1. The molecular formula is C19H14Cl2N4. The molecule has 25 heavy (non-hydrogen) atoms. The molecule has 0 amide bonds. The molecule has 4 rings (SSSR count). The van der Waals surface area contributed by atoms with E-state index in [-0.39, 0.29) is 0 Å². The Morgan fingerprint density at radius 1 is 0.880 bits per heavy atom. The van der Waals surface area contributed by atoms with Crippen LogP contribution in [0.15, 0.2) is 54.7 Å². The van der Waals surface area contributed by atoms with Gasteiger partial charge in [-0.05, 0) is 42.3 Å². The van der Waals surface area contributed by atoms with Gasteiger partial charge in [0.25, 0.3) is 0 Å². The van der Waals surface area contributed by atoms with E-state index in [0.29, 0.717) is 15.9 Å². The van der Waals surface area contributed by atoms with Gasteiger partial charge in [-0.2, -0.15) is 9.61 Å². The zero-order valence-electron chi connectivity index (χ0n) is 13.4. The highest BCUT2D eigenvalue weighted by Gasteiger charge is 2.17. The molecular weight excluding hydrogens is 355 g/mol. The summed E-state index contributed by atoms with van der Waals surface area (Å²) in [4.78, 5) is 4.61. The van der Waals surface area contributed by atoms with Crippen molar-refractivity contribution in [1.29, 1.82) is 0 Å². The minimum Gasteiger partial charge on any atom is -0.383 e. The maximum absolute atomic E-state index is 6.38. The minimum atomic E-state index is 0.538. The van der Waals surface area contributed by atoms with Gasteiger partial charge in [-0.3, -0.25) is 0 Å². The Hall–Kier alpha value is -2.56. The van der Waals surface area contributed by atoms with Gasteiger partial charge in [-0.15, -0.1) is 0 Å². The first-order valence-corrected chi connectivity index (χ1v) is 8.46. The van der Waals surface area contributed by atoms with Crippen LogP contribution >= 0.6 is 23.2 Å². The number of benzene rings is 2. The summed E-state index contributed by atoms with van der Waals surface area (Å²) in [6, 6.07) is 15.1. The summed E-state index contributed by atoms with van der Waals surface area (Å²) >= 11 is 12.0. The maximum atomic E-state index is 6.38. The molecule has 0 aliphatic rings. The lowest BCUT2D eigenvalue weighted by Crippen LogP contribution is -2.02. The van der Waals surface area contributed by atoms with Crippen LogP contribution in [-0.2, 0) is 0 Å². The van der Waals surface area contributed by atoms with Crippen molar-refractivity contribution in [2.24, 2.45) is 0 Å². The van der Waals surface area contributed by atoms with Crippen molar-refractivity contribution in [3.05, 3.63) is 70.5 Å². The Morgan fingerprint density at radius 3 is 2.04 bits per heavy atom.